The Morgan fingerprint density at radius 2 is 1.87 bits per heavy atom. The molecule has 130 valence electrons. The second-order valence-corrected chi connectivity index (χ2v) is 7.44. The zero-order valence-electron chi connectivity index (χ0n) is 13.0. The van der Waals surface area contributed by atoms with Crippen LogP contribution in [0.1, 0.15) is 37.7 Å². The highest BCUT2D eigenvalue weighted by atomic mass is 35.5. The van der Waals surface area contributed by atoms with Crippen molar-refractivity contribution in [2.75, 3.05) is 19.6 Å². The van der Waals surface area contributed by atoms with E-state index < -0.39 is 12.3 Å². The molecule has 0 aromatic heterocycles. The SMILES string of the molecule is Cl.OC(CN1CCC(F)CC1)C1(c2ccc(Cl)c(Cl)c2)CCC1. The minimum atomic E-state index is -0.680. The molecular formula is C17H23Cl3FNO. The van der Waals surface area contributed by atoms with Crippen LogP contribution in [0.25, 0.3) is 0 Å². The Kier molecular flexibility index (Phi) is 6.60. The maximum Gasteiger partial charge on any atom is 0.103 e. The molecule has 1 saturated heterocycles. The third kappa shape index (κ3) is 3.96. The number of likely N-dealkylation sites (tertiary alicyclic amines) is 1. The van der Waals surface area contributed by atoms with E-state index in [0.717, 1.165) is 37.9 Å². The Balaban J connectivity index is 0.00000192. The number of nitrogens with zero attached hydrogens (tertiary/aromatic N) is 1. The van der Waals surface area contributed by atoms with Crippen LogP contribution in [0.15, 0.2) is 18.2 Å². The van der Waals surface area contributed by atoms with Gasteiger partial charge < -0.3 is 10.0 Å². The van der Waals surface area contributed by atoms with Crippen LogP contribution < -0.4 is 0 Å². The zero-order valence-corrected chi connectivity index (χ0v) is 15.3. The van der Waals surface area contributed by atoms with Crippen LogP contribution in [0.2, 0.25) is 10.0 Å². The summed E-state index contributed by atoms with van der Waals surface area (Å²) in [4.78, 5) is 2.18. The number of aliphatic hydroxyl groups excluding tert-OH is 1. The summed E-state index contributed by atoms with van der Waals surface area (Å²) in [6.07, 6.45) is 3.07. The van der Waals surface area contributed by atoms with Crippen molar-refractivity contribution in [3.05, 3.63) is 33.8 Å². The van der Waals surface area contributed by atoms with Crippen molar-refractivity contribution in [3.63, 3.8) is 0 Å². The molecular weight excluding hydrogens is 360 g/mol. The maximum absolute atomic E-state index is 13.2. The Labute approximate surface area is 153 Å². The highest BCUT2D eigenvalue weighted by molar-refractivity contribution is 6.42. The molecule has 0 spiro atoms. The standard InChI is InChI=1S/C17H22Cl2FNO.ClH/c18-14-3-2-12(10-15(14)19)17(6-1-7-17)16(22)11-21-8-4-13(20)5-9-21;/h2-3,10,13,16,22H,1,4-9,11H2;1H. The summed E-state index contributed by atoms with van der Waals surface area (Å²) in [5, 5.41) is 11.9. The summed E-state index contributed by atoms with van der Waals surface area (Å²) in [5.41, 5.74) is 0.849. The molecule has 1 aromatic rings. The molecule has 1 saturated carbocycles. The van der Waals surface area contributed by atoms with Crippen LogP contribution in [0.4, 0.5) is 4.39 Å². The van der Waals surface area contributed by atoms with E-state index in [-0.39, 0.29) is 17.8 Å². The number of halogens is 4. The maximum atomic E-state index is 13.2. The molecule has 2 nitrogen and oxygen atoms in total. The van der Waals surface area contributed by atoms with Crippen LogP contribution in [-0.4, -0.2) is 41.9 Å². The summed E-state index contributed by atoms with van der Waals surface area (Å²) in [6.45, 7) is 2.07. The lowest BCUT2D eigenvalue weighted by Gasteiger charge is -2.47. The molecule has 6 heteroatoms. The van der Waals surface area contributed by atoms with E-state index in [9.17, 15) is 9.50 Å². The topological polar surface area (TPSA) is 23.5 Å². The van der Waals surface area contributed by atoms with E-state index in [4.69, 9.17) is 23.2 Å². The second kappa shape index (κ2) is 7.88. The molecule has 2 aliphatic rings. The van der Waals surface area contributed by atoms with Crippen LogP contribution in [0.5, 0.6) is 0 Å². The number of piperidine rings is 1. The smallest absolute Gasteiger partial charge is 0.103 e. The summed E-state index contributed by atoms with van der Waals surface area (Å²) < 4.78 is 13.2. The van der Waals surface area contributed by atoms with Crippen LogP contribution in [0.3, 0.4) is 0 Å². The fourth-order valence-corrected chi connectivity index (χ4v) is 3.98. The van der Waals surface area contributed by atoms with Gasteiger partial charge in [-0.1, -0.05) is 35.7 Å². The summed E-state index contributed by atoms with van der Waals surface area (Å²) >= 11 is 12.2. The van der Waals surface area contributed by atoms with E-state index in [1.807, 2.05) is 12.1 Å². The number of β-amino-alcohol motifs (C(OH)–C–C–N with tert-alkyl or cyclic N) is 1. The quantitative estimate of drug-likeness (QED) is 0.820. The van der Waals surface area contributed by atoms with E-state index in [0.29, 0.717) is 29.4 Å². The minimum Gasteiger partial charge on any atom is -0.391 e. The Morgan fingerprint density at radius 1 is 1.22 bits per heavy atom. The first-order valence-electron chi connectivity index (χ1n) is 8.01. The predicted octanol–water partition coefficient (Wildman–Crippen LogP) is 4.63. The van der Waals surface area contributed by atoms with Crippen molar-refractivity contribution < 1.29 is 9.50 Å². The van der Waals surface area contributed by atoms with Crippen molar-refractivity contribution >= 4 is 35.6 Å². The summed E-state index contributed by atoms with van der Waals surface area (Å²) in [5.74, 6) is 0. The first-order chi connectivity index (χ1) is 10.5. The van der Waals surface area contributed by atoms with E-state index in [1.54, 1.807) is 6.07 Å². The minimum absolute atomic E-state index is 0. The van der Waals surface area contributed by atoms with Crippen LogP contribution in [-0.2, 0) is 5.41 Å². The normalized spacial score (nSPS) is 23.0. The van der Waals surface area contributed by atoms with Crippen LogP contribution in [0, 0.1) is 0 Å². The molecule has 0 amide bonds. The Bertz CT molecular complexity index is 531. The van der Waals surface area contributed by atoms with Crippen LogP contribution >= 0.6 is 35.6 Å². The average Bonchev–Trinajstić information content (AvgIpc) is 2.44. The molecule has 2 fully saturated rings. The van der Waals surface area contributed by atoms with Gasteiger partial charge in [-0.15, -0.1) is 12.4 Å². The molecule has 1 aromatic carbocycles. The van der Waals surface area contributed by atoms with Crippen molar-refractivity contribution in [1.82, 2.24) is 4.90 Å². The van der Waals surface area contributed by atoms with Crippen molar-refractivity contribution in [2.24, 2.45) is 0 Å². The molecule has 0 bridgehead atoms. The highest BCUT2D eigenvalue weighted by Crippen LogP contribution is 2.47. The second-order valence-electron chi connectivity index (χ2n) is 6.63. The van der Waals surface area contributed by atoms with Gasteiger partial charge in [-0.2, -0.15) is 0 Å². The molecule has 1 aliphatic heterocycles. The largest absolute Gasteiger partial charge is 0.391 e. The van der Waals surface area contributed by atoms with Gasteiger partial charge in [0.25, 0.3) is 0 Å². The number of hydrogen-bond donors (Lipinski definition) is 1. The lowest BCUT2D eigenvalue weighted by atomic mass is 9.61. The van der Waals surface area contributed by atoms with Crippen molar-refractivity contribution in [1.29, 1.82) is 0 Å². The fourth-order valence-electron chi connectivity index (χ4n) is 3.68. The van der Waals surface area contributed by atoms with E-state index >= 15 is 0 Å². The van der Waals surface area contributed by atoms with E-state index in [1.165, 1.54) is 0 Å². The van der Waals surface area contributed by atoms with Gasteiger partial charge in [-0.05, 0) is 43.4 Å². The van der Waals surface area contributed by atoms with Gasteiger partial charge in [0.1, 0.15) is 6.17 Å². The number of aliphatic hydroxyl groups is 1. The van der Waals surface area contributed by atoms with Gasteiger partial charge in [0.2, 0.25) is 0 Å². The number of hydrogen-bond acceptors (Lipinski definition) is 2. The third-order valence-electron chi connectivity index (χ3n) is 5.33. The van der Waals surface area contributed by atoms with Crippen molar-refractivity contribution in [3.8, 4) is 0 Å². The van der Waals surface area contributed by atoms with Gasteiger partial charge in [0.05, 0.1) is 16.1 Å². The molecule has 3 rings (SSSR count). The Morgan fingerprint density at radius 3 is 2.39 bits per heavy atom. The van der Waals surface area contributed by atoms with Gasteiger partial charge in [-0.3, -0.25) is 0 Å². The molecule has 1 N–H and O–H groups in total. The van der Waals surface area contributed by atoms with E-state index in [2.05, 4.69) is 4.90 Å². The fraction of sp³-hybridized carbons (Fsp3) is 0.647. The molecule has 1 aliphatic carbocycles. The van der Waals surface area contributed by atoms with Gasteiger partial charge >= 0.3 is 0 Å². The lowest BCUT2D eigenvalue weighted by molar-refractivity contribution is -0.00592. The highest BCUT2D eigenvalue weighted by Gasteiger charge is 2.45. The molecule has 1 atom stereocenters. The van der Waals surface area contributed by atoms with Crippen molar-refractivity contribution in [2.45, 2.75) is 49.8 Å². The molecule has 0 radical (unpaired) electrons. The third-order valence-corrected chi connectivity index (χ3v) is 6.07. The zero-order chi connectivity index (χ0) is 15.7. The number of alkyl halides is 1. The lowest BCUT2D eigenvalue weighted by Crippen LogP contribution is -2.52. The van der Waals surface area contributed by atoms with Gasteiger partial charge in [0.15, 0.2) is 0 Å². The summed E-state index contributed by atoms with van der Waals surface area (Å²) in [6, 6.07) is 5.67. The van der Waals surface area contributed by atoms with Gasteiger partial charge in [0, 0.05) is 25.0 Å². The average molecular weight is 383 g/mol. The number of benzene rings is 1. The molecule has 1 unspecified atom stereocenters. The monoisotopic (exact) mass is 381 g/mol. The summed E-state index contributed by atoms with van der Waals surface area (Å²) in [7, 11) is 0. The number of rotatable bonds is 4. The first-order valence-corrected chi connectivity index (χ1v) is 8.77. The predicted molar refractivity (Wildman–Crippen MR) is 95.8 cm³/mol. The first kappa shape index (κ1) is 19.3. The molecule has 23 heavy (non-hydrogen) atoms. The molecule has 1 heterocycles. The Hall–Kier alpha value is -0.0600. The van der Waals surface area contributed by atoms with Gasteiger partial charge in [-0.25, -0.2) is 4.39 Å².